The number of aliphatic hydroxyl groups is 1. The Labute approximate surface area is 127 Å². The van der Waals surface area contributed by atoms with Crippen LogP contribution in [0, 0.1) is 0 Å². The van der Waals surface area contributed by atoms with E-state index in [1.165, 1.54) is 5.56 Å². The maximum Gasteiger partial charge on any atom is 0.0810 e. The Balaban J connectivity index is 1.66. The second-order valence-corrected chi connectivity index (χ2v) is 5.45. The number of aryl methyl sites for hydroxylation is 1. The summed E-state index contributed by atoms with van der Waals surface area (Å²) in [5.74, 6) is 0. The minimum absolute atomic E-state index is 0.138. The minimum Gasteiger partial charge on any atom is -0.390 e. The molecule has 21 heavy (non-hydrogen) atoms. The first-order valence-corrected chi connectivity index (χ1v) is 7.63. The Bertz CT molecular complexity index is 495. The second-order valence-electron chi connectivity index (χ2n) is 5.45. The van der Waals surface area contributed by atoms with Crippen molar-refractivity contribution in [3.05, 3.63) is 71.8 Å². The number of ether oxygens (including phenoxy) is 1. The Morgan fingerprint density at radius 3 is 2.10 bits per heavy atom. The van der Waals surface area contributed by atoms with Crippen molar-refractivity contribution in [2.75, 3.05) is 0 Å². The van der Waals surface area contributed by atoms with Crippen molar-refractivity contribution >= 4 is 0 Å². The van der Waals surface area contributed by atoms with Gasteiger partial charge in [0.2, 0.25) is 0 Å². The van der Waals surface area contributed by atoms with Gasteiger partial charge < -0.3 is 9.84 Å². The van der Waals surface area contributed by atoms with E-state index < -0.39 is 6.10 Å². The Kier molecular flexibility index (Phi) is 6.45. The van der Waals surface area contributed by atoms with Crippen LogP contribution in [0.15, 0.2) is 60.7 Å². The summed E-state index contributed by atoms with van der Waals surface area (Å²) >= 11 is 0. The third kappa shape index (κ3) is 5.70. The molecule has 0 aromatic heterocycles. The van der Waals surface area contributed by atoms with Gasteiger partial charge in [0.25, 0.3) is 0 Å². The van der Waals surface area contributed by atoms with E-state index in [4.69, 9.17) is 4.74 Å². The molecule has 1 N–H and O–H groups in total. The van der Waals surface area contributed by atoms with Crippen LogP contribution in [-0.2, 0) is 17.8 Å². The van der Waals surface area contributed by atoms with E-state index in [0.717, 1.165) is 24.8 Å². The highest BCUT2D eigenvalue weighted by Crippen LogP contribution is 2.12. The zero-order valence-electron chi connectivity index (χ0n) is 12.6. The van der Waals surface area contributed by atoms with Gasteiger partial charge in [-0.15, -0.1) is 0 Å². The molecule has 112 valence electrons. The van der Waals surface area contributed by atoms with Crippen molar-refractivity contribution in [1.29, 1.82) is 0 Å². The van der Waals surface area contributed by atoms with Crippen LogP contribution in [0.4, 0.5) is 0 Å². The molecule has 0 heterocycles. The maximum atomic E-state index is 10.1. The van der Waals surface area contributed by atoms with E-state index in [1.54, 1.807) is 0 Å². The topological polar surface area (TPSA) is 29.5 Å². The molecule has 2 nitrogen and oxygen atoms in total. The first-order chi connectivity index (χ1) is 10.3. The van der Waals surface area contributed by atoms with E-state index in [9.17, 15) is 5.11 Å². The molecule has 2 aromatic rings. The van der Waals surface area contributed by atoms with Crippen LogP contribution in [0.25, 0.3) is 0 Å². The first kappa shape index (κ1) is 15.7. The molecule has 0 spiro atoms. The fourth-order valence-corrected chi connectivity index (χ4v) is 2.31. The molecule has 1 unspecified atom stereocenters. The lowest BCUT2D eigenvalue weighted by molar-refractivity contribution is -0.0385. The molecule has 0 saturated heterocycles. The average Bonchev–Trinajstić information content (AvgIpc) is 2.54. The van der Waals surface area contributed by atoms with Gasteiger partial charge in [0.15, 0.2) is 0 Å². The van der Waals surface area contributed by atoms with Crippen LogP contribution in [0.1, 0.15) is 30.9 Å². The van der Waals surface area contributed by atoms with Crippen molar-refractivity contribution in [3.8, 4) is 0 Å². The van der Waals surface area contributed by atoms with Crippen LogP contribution in [0.5, 0.6) is 0 Å². The summed E-state index contributed by atoms with van der Waals surface area (Å²) in [4.78, 5) is 0. The molecular formula is C19H24O2. The second kappa shape index (κ2) is 8.60. The summed E-state index contributed by atoms with van der Waals surface area (Å²) in [5, 5.41) is 10.1. The van der Waals surface area contributed by atoms with E-state index in [-0.39, 0.29) is 6.10 Å². The average molecular weight is 284 g/mol. The van der Waals surface area contributed by atoms with Gasteiger partial charge in [-0.1, -0.05) is 60.7 Å². The molecule has 2 heteroatoms. The molecule has 0 amide bonds. The molecule has 0 bridgehead atoms. The summed E-state index contributed by atoms with van der Waals surface area (Å²) in [6.07, 6.45) is 2.21. The van der Waals surface area contributed by atoms with Gasteiger partial charge in [0.1, 0.15) is 0 Å². The summed E-state index contributed by atoms with van der Waals surface area (Å²) in [7, 11) is 0. The molecule has 2 rings (SSSR count). The van der Waals surface area contributed by atoms with Crippen molar-refractivity contribution in [2.45, 2.75) is 45.0 Å². The predicted molar refractivity (Wildman–Crippen MR) is 86.1 cm³/mol. The van der Waals surface area contributed by atoms with Crippen LogP contribution >= 0.6 is 0 Å². The molecule has 2 aromatic carbocycles. The Morgan fingerprint density at radius 2 is 1.48 bits per heavy atom. The lowest BCUT2D eigenvalue weighted by atomic mass is 10.0. The lowest BCUT2D eigenvalue weighted by Gasteiger charge is -2.19. The molecule has 2 atom stereocenters. The summed E-state index contributed by atoms with van der Waals surface area (Å²) in [5.41, 5.74) is 2.46. The normalized spacial score (nSPS) is 13.8. The number of rotatable bonds is 8. The van der Waals surface area contributed by atoms with Crippen molar-refractivity contribution in [1.82, 2.24) is 0 Å². The predicted octanol–water partition coefficient (Wildman–Crippen LogP) is 3.98. The van der Waals surface area contributed by atoms with Gasteiger partial charge in [-0.05, 0) is 37.3 Å². The van der Waals surface area contributed by atoms with Gasteiger partial charge in [-0.25, -0.2) is 0 Å². The summed E-state index contributed by atoms with van der Waals surface area (Å²) in [6.45, 7) is 2.49. The minimum atomic E-state index is -0.405. The van der Waals surface area contributed by atoms with Gasteiger partial charge in [-0.3, -0.25) is 0 Å². The van der Waals surface area contributed by atoms with Crippen molar-refractivity contribution in [3.63, 3.8) is 0 Å². The van der Waals surface area contributed by atoms with Gasteiger partial charge >= 0.3 is 0 Å². The standard InChI is InChI=1S/C19H24O2/c1-16(21-15-18-11-6-3-7-12-18)19(20)14-8-13-17-9-4-2-5-10-17/h2-7,9-12,16,19-20H,8,13-15H2,1H3/t16-,19?/m0/s1. The van der Waals surface area contributed by atoms with Gasteiger partial charge in [0, 0.05) is 0 Å². The van der Waals surface area contributed by atoms with E-state index in [2.05, 4.69) is 24.3 Å². The molecule has 0 saturated carbocycles. The van der Waals surface area contributed by atoms with Crippen molar-refractivity contribution in [2.24, 2.45) is 0 Å². The van der Waals surface area contributed by atoms with Crippen molar-refractivity contribution < 1.29 is 9.84 Å². The molecule has 0 aliphatic heterocycles. The largest absolute Gasteiger partial charge is 0.390 e. The van der Waals surface area contributed by atoms with E-state index in [1.807, 2.05) is 43.3 Å². The molecular weight excluding hydrogens is 260 g/mol. The number of benzene rings is 2. The Hall–Kier alpha value is -1.64. The fraction of sp³-hybridized carbons (Fsp3) is 0.368. The molecule has 0 aliphatic rings. The zero-order valence-corrected chi connectivity index (χ0v) is 12.6. The fourth-order valence-electron chi connectivity index (χ4n) is 2.31. The molecule has 0 aliphatic carbocycles. The zero-order chi connectivity index (χ0) is 14.9. The lowest BCUT2D eigenvalue weighted by Crippen LogP contribution is -2.26. The maximum absolute atomic E-state index is 10.1. The number of hydrogen-bond donors (Lipinski definition) is 1. The van der Waals surface area contributed by atoms with E-state index >= 15 is 0 Å². The van der Waals surface area contributed by atoms with Gasteiger partial charge in [-0.2, -0.15) is 0 Å². The monoisotopic (exact) mass is 284 g/mol. The summed E-state index contributed by atoms with van der Waals surface area (Å²) in [6, 6.07) is 20.4. The first-order valence-electron chi connectivity index (χ1n) is 7.63. The smallest absolute Gasteiger partial charge is 0.0810 e. The van der Waals surface area contributed by atoms with Crippen LogP contribution in [0.3, 0.4) is 0 Å². The Morgan fingerprint density at radius 1 is 0.905 bits per heavy atom. The van der Waals surface area contributed by atoms with Crippen LogP contribution < -0.4 is 0 Å². The highest BCUT2D eigenvalue weighted by molar-refractivity contribution is 5.14. The SMILES string of the molecule is C[C@H](OCc1ccccc1)C(O)CCCc1ccccc1. The molecule has 0 radical (unpaired) electrons. The number of aliphatic hydroxyl groups excluding tert-OH is 1. The van der Waals surface area contributed by atoms with Gasteiger partial charge in [0.05, 0.1) is 18.8 Å². The molecule has 0 fully saturated rings. The highest BCUT2D eigenvalue weighted by Gasteiger charge is 2.14. The van der Waals surface area contributed by atoms with Crippen LogP contribution in [0.2, 0.25) is 0 Å². The summed E-state index contributed by atoms with van der Waals surface area (Å²) < 4.78 is 5.74. The highest BCUT2D eigenvalue weighted by atomic mass is 16.5. The quantitative estimate of drug-likeness (QED) is 0.794. The third-order valence-corrected chi connectivity index (χ3v) is 3.71. The number of hydrogen-bond acceptors (Lipinski definition) is 2. The third-order valence-electron chi connectivity index (χ3n) is 3.71. The van der Waals surface area contributed by atoms with Crippen LogP contribution in [-0.4, -0.2) is 17.3 Å². The van der Waals surface area contributed by atoms with E-state index in [0.29, 0.717) is 6.61 Å².